The third-order valence-electron chi connectivity index (χ3n) is 1.25. The minimum Gasteiger partial charge on any atom is -0.349 e. The van der Waals surface area contributed by atoms with Crippen LogP contribution in [0.4, 0.5) is 26.3 Å². The minimum absolute atomic E-state index is 0.362. The molecule has 0 aliphatic carbocycles. The summed E-state index contributed by atoms with van der Waals surface area (Å²) >= 11 is -1.01. The minimum atomic E-state index is -4.53. The van der Waals surface area contributed by atoms with Gasteiger partial charge in [-0.05, 0) is 0 Å². The molecule has 0 aromatic heterocycles. The van der Waals surface area contributed by atoms with E-state index in [1.54, 1.807) is 0 Å². The number of ether oxygens (including phenoxy) is 1. The zero-order valence-corrected chi connectivity index (χ0v) is 9.14. The molecule has 96 valence electrons. The number of halogens is 6. The fourth-order valence-corrected chi connectivity index (χ4v) is 2.21. The molecule has 1 saturated heterocycles. The quantitative estimate of drug-likeness (QED) is 0.572. The third-order valence-corrected chi connectivity index (χ3v) is 2.62. The van der Waals surface area contributed by atoms with Gasteiger partial charge in [0.15, 0.2) is 0 Å². The molecule has 16 heavy (non-hydrogen) atoms. The highest BCUT2D eigenvalue weighted by Crippen LogP contribution is 2.38. The van der Waals surface area contributed by atoms with E-state index in [4.69, 9.17) is 0 Å². The molecule has 0 radical (unpaired) electrons. The lowest BCUT2D eigenvalue weighted by Crippen LogP contribution is -2.41. The van der Waals surface area contributed by atoms with Crippen LogP contribution in [0.25, 0.3) is 0 Å². The Morgan fingerprint density at radius 3 is 1.50 bits per heavy atom. The van der Waals surface area contributed by atoms with Crippen molar-refractivity contribution in [3.63, 3.8) is 0 Å². The molecule has 1 aliphatic heterocycles. The van der Waals surface area contributed by atoms with Crippen LogP contribution in [0.5, 0.6) is 0 Å². The molecule has 0 aromatic carbocycles. The summed E-state index contributed by atoms with van der Waals surface area (Å²) in [5.41, 5.74) is -9.06. The predicted molar refractivity (Wildman–Crippen MR) is 46.7 cm³/mol. The highest BCUT2D eigenvalue weighted by atomic mass is 32.2. The molecule has 1 heterocycles. The summed E-state index contributed by atoms with van der Waals surface area (Å²) in [6.45, 7) is -1.20. The van der Waals surface area contributed by atoms with Crippen LogP contribution in [0.15, 0.2) is 0 Å². The van der Waals surface area contributed by atoms with E-state index in [1.165, 1.54) is 0 Å². The van der Waals surface area contributed by atoms with Crippen molar-refractivity contribution in [1.82, 2.24) is 8.61 Å². The van der Waals surface area contributed by atoms with Crippen molar-refractivity contribution >= 4 is 23.9 Å². The number of hydrogen-bond donors (Lipinski definition) is 0. The summed E-state index contributed by atoms with van der Waals surface area (Å²) in [7, 11) is 0. The fraction of sp³-hybridized carbons (Fsp3) is 1.00. The van der Waals surface area contributed by atoms with Crippen molar-refractivity contribution < 1.29 is 31.1 Å². The zero-order chi connectivity index (χ0) is 12.4. The summed E-state index contributed by atoms with van der Waals surface area (Å²) in [5, 5.41) is 0. The first-order valence-electron chi connectivity index (χ1n) is 3.75. The van der Waals surface area contributed by atoms with Gasteiger partial charge in [0.05, 0.1) is 6.67 Å². The van der Waals surface area contributed by atoms with Crippen LogP contribution in [0, 0.1) is 0 Å². The SMILES string of the molecule is FC(F)(F)SN1COCN(SC(F)(F)F)C1. The van der Waals surface area contributed by atoms with Crippen LogP contribution in [-0.2, 0) is 4.74 Å². The Hall–Kier alpha value is 0.160. The van der Waals surface area contributed by atoms with Gasteiger partial charge in [-0.25, -0.2) is 8.61 Å². The topological polar surface area (TPSA) is 15.7 Å². The molecule has 0 amide bonds. The molecule has 0 atom stereocenters. The first-order chi connectivity index (χ1) is 7.16. The predicted octanol–water partition coefficient (Wildman–Crippen LogP) is 2.83. The average Bonchev–Trinajstić information content (AvgIpc) is 1.96. The molecule has 11 heteroatoms. The summed E-state index contributed by atoms with van der Waals surface area (Å²) in [6, 6.07) is 0. The second kappa shape index (κ2) is 5.21. The largest absolute Gasteiger partial charge is 0.456 e. The number of nitrogens with zero attached hydrogens (tertiary/aromatic N) is 2. The number of hydrogen-bond acceptors (Lipinski definition) is 5. The van der Waals surface area contributed by atoms with E-state index < -0.39 is 41.6 Å². The molecule has 0 N–H and O–H groups in total. The summed E-state index contributed by atoms with van der Waals surface area (Å²) in [5.74, 6) is 0. The third kappa shape index (κ3) is 6.03. The lowest BCUT2D eigenvalue weighted by atomic mass is 10.9. The molecule has 0 aromatic rings. The van der Waals surface area contributed by atoms with Gasteiger partial charge in [0.25, 0.3) is 0 Å². The van der Waals surface area contributed by atoms with Crippen LogP contribution >= 0.6 is 23.9 Å². The molecule has 0 saturated carbocycles. The van der Waals surface area contributed by atoms with Gasteiger partial charge in [-0.3, -0.25) is 0 Å². The normalized spacial score (nSPS) is 21.4. The van der Waals surface area contributed by atoms with Gasteiger partial charge >= 0.3 is 11.0 Å². The van der Waals surface area contributed by atoms with Crippen molar-refractivity contribution in [1.29, 1.82) is 0 Å². The fourth-order valence-electron chi connectivity index (χ4n) is 0.905. The Kier molecular flexibility index (Phi) is 4.63. The first-order valence-corrected chi connectivity index (χ1v) is 5.30. The van der Waals surface area contributed by atoms with E-state index in [0.29, 0.717) is 8.61 Å². The van der Waals surface area contributed by atoms with Crippen LogP contribution in [0.3, 0.4) is 0 Å². The van der Waals surface area contributed by atoms with Crippen molar-refractivity contribution in [3.05, 3.63) is 0 Å². The lowest BCUT2D eigenvalue weighted by Gasteiger charge is -2.33. The van der Waals surface area contributed by atoms with Crippen LogP contribution in [-0.4, -0.2) is 39.8 Å². The molecule has 0 bridgehead atoms. The van der Waals surface area contributed by atoms with Crippen LogP contribution < -0.4 is 0 Å². The van der Waals surface area contributed by atoms with E-state index in [1.807, 2.05) is 0 Å². The molecule has 1 fully saturated rings. The number of alkyl halides is 6. The number of rotatable bonds is 2. The molecule has 3 nitrogen and oxygen atoms in total. The molecule has 1 rings (SSSR count). The zero-order valence-electron chi connectivity index (χ0n) is 7.51. The Labute approximate surface area is 95.3 Å². The van der Waals surface area contributed by atoms with Gasteiger partial charge < -0.3 is 4.74 Å². The van der Waals surface area contributed by atoms with Gasteiger partial charge in [0.2, 0.25) is 0 Å². The van der Waals surface area contributed by atoms with Gasteiger partial charge in [-0.2, -0.15) is 26.3 Å². The first kappa shape index (κ1) is 14.2. The monoisotopic (exact) mass is 288 g/mol. The smallest absolute Gasteiger partial charge is 0.349 e. The van der Waals surface area contributed by atoms with E-state index in [2.05, 4.69) is 4.74 Å². The summed E-state index contributed by atoms with van der Waals surface area (Å²) in [6.07, 6.45) is 0. The molecule has 1 aliphatic rings. The van der Waals surface area contributed by atoms with Gasteiger partial charge in [0, 0.05) is 23.9 Å². The molecular weight excluding hydrogens is 282 g/mol. The van der Waals surface area contributed by atoms with E-state index in [0.717, 1.165) is 0 Å². The Bertz CT molecular complexity index is 212. The van der Waals surface area contributed by atoms with Crippen molar-refractivity contribution in [2.24, 2.45) is 0 Å². The highest BCUT2D eigenvalue weighted by molar-refractivity contribution is 7.98. The van der Waals surface area contributed by atoms with E-state index in [-0.39, 0.29) is 13.5 Å². The van der Waals surface area contributed by atoms with Crippen LogP contribution in [0.2, 0.25) is 0 Å². The maximum absolute atomic E-state index is 11.9. The lowest BCUT2D eigenvalue weighted by molar-refractivity contribution is -0.0663. The maximum Gasteiger partial charge on any atom is 0.456 e. The van der Waals surface area contributed by atoms with Crippen LogP contribution in [0.1, 0.15) is 0 Å². The maximum atomic E-state index is 11.9. The Balaban J connectivity index is 2.41. The standard InChI is InChI=1S/C5H6F6N2OS2/c6-4(7,8)15-12-1-13(3-14-2-12)16-5(9,10)11/h1-3H2. The Morgan fingerprint density at radius 1 is 0.812 bits per heavy atom. The van der Waals surface area contributed by atoms with Gasteiger partial charge in [-0.1, -0.05) is 0 Å². The second-order valence-corrected chi connectivity index (χ2v) is 4.97. The van der Waals surface area contributed by atoms with E-state index >= 15 is 0 Å². The van der Waals surface area contributed by atoms with Crippen molar-refractivity contribution in [2.75, 3.05) is 20.1 Å². The summed E-state index contributed by atoms with van der Waals surface area (Å²) in [4.78, 5) is 0. The van der Waals surface area contributed by atoms with Gasteiger partial charge in [-0.15, -0.1) is 0 Å². The molecule has 0 spiro atoms. The van der Waals surface area contributed by atoms with Gasteiger partial charge in [0.1, 0.15) is 13.5 Å². The average molecular weight is 288 g/mol. The molecular formula is C5H6F6N2OS2. The van der Waals surface area contributed by atoms with Crippen molar-refractivity contribution in [2.45, 2.75) is 11.0 Å². The summed E-state index contributed by atoms with van der Waals surface area (Å²) < 4.78 is 77.4. The highest BCUT2D eigenvalue weighted by Gasteiger charge is 2.38. The second-order valence-electron chi connectivity index (χ2n) is 2.64. The molecule has 0 unspecified atom stereocenters. The Morgan fingerprint density at radius 2 is 1.19 bits per heavy atom. The van der Waals surface area contributed by atoms with E-state index in [9.17, 15) is 26.3 Å². The van der Waals surface area contributed by atoms with Crippen molar-refractivity contribution in [3.8, 4) is 0 Å².